The van der Waals surface area contributed by atoms with Gasteiger partial charge in [-0.1, -0.05) is 0 Å². The Hall–Kier alpha value is -0.500. The molecule has 0 aromatic carbocycles. The van der Waals surface area contributed by atoms with Gasteiger partial charge in [0.2, 0.25) is 0 Å². The Labute approximate surface area is 60.4 Å². The number of hydrogen-bond acceptors (Lipinski definition) is 2. The highest BCUT2D eigenvalue weighted by Crippen LogP contribution is 1.97. The first-order valence-corrected chi connectivity index (χ1v) is 3.19. The number of aliphatic imine (C=N–C) groups is 1. The molecule has 0 spiro atoms. The van der Waals surface area contributed by atoms with Crippen molar-refractivity contribution in [3.05, 3.63) is 11.3 Å². The van der Waals surface area contributed by atoms with Crippen molar-refractivity contribution in [1.82, 2.24) is 0 Å². The van der Waals surface area contributed by atoms with E-state index in [1.54, 1.807) is 20.2 Å². The van der Waals surface area contributed by atoms with Crippen LogP contribution in [-0.4, -0.2) is 19.1 Å². The molecule has 0 heterocycles. The minimum atomic E-state index is 0.430. The summed E-state index contributed by atoms with van der Waals surface area (Å²) in [6.45, 7) is 1.80. The van der Waals surface area contributed by atoms with E-state index in [1.807, 2.05) is 0 Å². The molecule has 0 aliphatic rings. The van der Waals surface area contributed by atoms with Gasteiger partial charge in [-0.2, -0.15) is 0 Å². The zero-order chi connectivity index (χ0) is 7.28. The maximum Gasteiger partial charge on any atom is 0.0506 e. The van der Waals surface area contributed by atoms with Gasteiger partial charge in [-0.25, -0.2) is 0 Å². The Bertz CT molecular complexity index is 134. The van der Waals surface area contributed by atoms with Gasteiger partial charge in [0.15, 0.2) is 0 Å². The number of hydrogen-bond donors (Lipinski definition) is 1. The predicted octanol–water partition coefficient (Wildman–Crippen LogP) is 1.16. The predicted molar refractivity (Wildman–Crippen MR) is 42.0 cm³/mol. The number of nitrogens with two attached hydrogens (primary N) is 1. The summed E-state index contributed by atoms with van der Waals surface area (Å²) in [5, 5.41) is 0. The molecule has 0 bridgehead atoms. The van der Waals surface area contributed by atoms with Crippen LogP contribution in [0.15, 0.2) is 16.3 Å². The fraction of sp³-hybridized carbons (Fsp3) is 0.500. The molecule has 0 aromatic rings. The molecule has 0 rings (SSSR count). The molecule has 2 nitrogen and oxygen atoms in total. The Morgan fingerprint density at radius 1 is 1.78 bits per heavy atom. The van der Waals surface area contributed by atoms with Gasteiger partial charge in [-0.3, -0.25) is 4.99 Å². The van der Waals surface area contributed by atoms with Crippen LogP contribution in [0.25, 0.3) is 0 Å². The molecule has 0 aromatic heterocycles. The van der Waals surface area contributed by atoms with Gasteiger partial charge in [-0.15, -0.1) is 11.6 Å². The van der Waals surface area contributed by atoms with Gasteiger partial charge in [0.25, 0.3) is 0 Å². The van der Waals surface area contributed by atoms with E-state index in [9.17, 15) is 0 Å². The zero-order valence-corrected chi connectivity index (χ0v) is 6.44. The van der Waals surface area contributed by atoms with Crippen molar-refractivity contribution in [2.24, 2.45) is 10.7 Å². The van der Waals surface area contributed by atoms with Crippen molar-refractivity contribution < 1.29 is 0 Å². The van der Waals surface area contributed by atoms with Crippen molar-refractivity contribution >= 4 is 17.8 Å². The average molecular weight is 147 g/mol. The van der Waals surface area contributed by atoms with Gasteiger partial charge in [0.05, 0.1) is 5.88 Å². The van der Waals surface area contributed by atoms with Gasteiger partial charge in [0, 0.05) is 24.5 Å². The molecule has 2 N–H and O–H groups in total. The molecule has 0 saturated carbocycles. The smallest absolute Gasteiger partial charge is 0.0506 e. The third-order valence-electron chi connectivity index (χ3n) is 0.935. The summed E-state index contributed by atoms with van der Waals surface area (Å²) in [5.74, 6) is 0.430. The summed E-state index contributed by atoms with van der Waals surface area (Å²) in [6, 6.07) is 0. The molecular weight excluding hydrogens is 136 g/mol. The lowest BCUT2D eigenvalue weighted by Gasteiger charge is -1.95. The number of allylic oxidation sites excluding steroid dienone is 2. The summed E-state index contributed by atoms with van der Waals surface area (Å²) < 4.78 is 0. The second kappa shape index (κ2) is 4.39. The van der Waals surface area contributed by atoms with Crippen molar-refractivity contribution in [3.8, 4) is 0 Å². The number of alkyl halides is 1. The van der Waals surface area contributed by atoms with E-state index >= 15 is 0 Å². The van der Waals surface area contributed by atoms with Crippen LogP contribution in [-0.2, 0) is 0 Å². The average Bonchev–Trinajstić information content (AvgIpc) is 1.82. The third kappa shape index (κ3) is 3.14. The Morgan fingerprint density at radius 3 is 2.44 bits per heavy atom. The third-order valence-corrected chi connectivity index (χ3v) is 1.22. The van der Waals surface area contributed by atoms with E-state index in [4.69, 9.17) is 17.3 Å². The molecule has 0 fully saturated rings. The van der Waals surface area contributed by atoms with E-state index in [-0.39, 0.29) is 0 Å². The maximum atomic E-state index is 5.51. The van der Waals surface area contributed by atoms with Crippen molar-refractivity contribution in [1.29, 1.82) is 0 Å². The van der Waals surface area contributed by atoms with Crippen LogP contribution in [0, 0.1) is 0 Å². The largest absolute Gasteiger partial charge is 0.402 e. The monoisotopic (exact) mass is 146 g/mol. The number of rotatable bonds is 2. The standard InChI is InChI=1S/C6H11ClN2/c1-5(8)6(3-7)4-9-2/h4H,3,8H2,1-2H3. The van der Waals surface area contributed by atoms with Gasteiger partial charge < -0.3 is 5.73 Å². The van der Waals surface area contributed by atoms with Gasteiger partial charge >= 0.3 is 0 Å². The van der Waals surface area contributed by atoms with Crippen LogP contribution in [0.3, 0.4) is 0 Å². The minimum absolute atomic E-state index is 0.430. The van der Waals surface area contributed by atoms with Crippen LogP contribution in [0.4, 0.5) is 0 Å². The van der Waals surface area contributed by atoms with Crippen LogP contribution >= 0.6 is 11.6 Å². The van der Waals surface area contributed by atoms with Crippen LogP contribution in [0.1, 0.15) is 6.92 Å². The molecule has 0 amide bonds. The lowest BCUT2D eigenvalue weighted by Crippen LogP contribution is -2.00. The lowest BCUT2D eigenvalue weighted by molar-refractivity contribution is 1.26. The Balaban J connectivity index is 4.16. The van der Waals surface area contributed by atoms with E-state index in [0.717, 1.165) is 11.3 Å². The molecular formula is C6H11ClN2. The van der Waals surface area contributed by atoms with Crippen LogP contribution in [0.5, 0.6) is 0 Å². The van der Waals surface area contributed by atoms with Crippen LogP contribution < -0.4 is 5.73 Å². The summed E-state index contributed by atoms with van der Waals surface area (Å²) in [6.07, 6.45) is 1.67. The fourth-order valence-corrected chi connectivity index (χ4v) is 0.677. The van der Waals surface area contributed by atoms with E-state index in [2.05, 4.69) is 4.99 Å². The first kappa shape index (κ1) is 8.50. The summed E-state index contributed by atoms with van der Waals surface area (Å²) in [5.41, 5.74) is 7.06. The SMILES string of the molecule is CN=CC(CCl)=C(C)N. The van der Waals surface area contributed by atoms with Crippen molar-refractivity contribution in [3.63, 3.8) is 0 Å². The van der Waals surface area contributed by atoms with E-state index in [0.29, 0.717) is 5.88 Å². The Morgan fingerprint density at radius 2 is 2.33 bits per heavy atom. The van der Waals surface area contributed by atoms with E-state index < -0.39 is 0 Å². The molecule has 0 aliphatic carbocycles. The molecule has 9 heavy (non-hydrogen) atoms. The van der Waals surface area contributed by atoms with E-state index in [1.165, 1.54) is 0 Å². The highest BCUT2D eigenvalue weighted by atomic mass is 35.5. The molecule has 0 unspecified atom stereocenters. The van der Waals surface area contributed by atoms with Crippen LogP contribution in [0.2, 0.25) is 0 Å². The second-order valence-electron chi connectivity index (χ2n) is 1.73. The molecule has 0 aliphatic heterocycles. The topological polar surface area (TPSA) is 38.4 Å². The fourth-order valence-electron chi connectivity index (χ4n) is 0.398. The summed E-state index contributed by atoms with van der Waals surface area (Å²) in [7, 11) is 1.69. The maximum absolute atomic E-state index is 5.51. The quantitative estimate of drug-likeness (QED) is 0.461. The molecule has 0 radical (unpaired) electrons. The molecule has 52 valence electrons. The molecule has 3 heteroatoms. The second-order valence-corrected chi connectivity index (χ2v) is 2.00. The Kier molecular flexibility index (Phi) is 4.14. The normalized spacial score (nSPS) is 14.1. The van der Waals surface area contributed by atoms with Gasteiger partial charge in [0.1, 0.15) is 0 Å². The zero-order valence-electron chi connectivity index (χ0n) is 5.69. The minimum Gasteiger partial charge on any atom is -0.402 e. The van der Waals surface area contributed by atoms with Crippen molar-refractivity contribution in [2.45, 2.75) is 6.92 Å². The molecule has 0 saturated heterocycles. The summed E-state index contributed by atoms with van der Waals surface area (Å²) >= 11 is 5.51. The summed E-state index contributed by atoms with van der Waals surface area (Å²) in [4.78, 5) is 3.78. The number of halogens is 1. The van der Waals surface area contributed by atoms with Crippen molar-refractivity contribution in [2.75, 3.05) is 12.9 Å². The number of nitrogens with zero attached hydrogens (tertiary/aromatic N) is 1. The first-order chi connectivity index (χ1) is 4.22. The first-order valence-electron chi connectivity index (χ1n) is 2.65. The van der Waals surface area contributed by atoms with Gasteiger partial charge in [-0.05, 0) is 6.92 Å². The highest BCUT2D eigenvalue weighted by Gasteiger charge is 1.91. The highest BCUT2D eigenvalue weighted by molar-refractivity contribution is 6.21. The lowest BCUT2D eigenvalue weighted by atomic mass is 10.3. The molecule has 0 atom stereocenters.